The normalized spacial score (nSPS) is 11.8. The number of anilines is 1. The van der Waals surface area contributed by atoms with E-state index in [-0.39, 0.29) is 12.4 Å². The highest BCUT2D eigenvalue weighted by Crippen LogP contribution is 2.35. The van der Waals surface area contributed by atoms with E-state index in [1.54, 1.807) is 36.4 Å². The van der Waals surface area contributed by atoms with Crippen LogP contribution < -0.4 is 25.3 Å². The van der Waals surface area contributed by atoms with Gasteiger partial charge in [0.1, 0.15) is 5.75 Å². The number of benzene rings is 2. The van der Waals surface area contributed by atoms with Crippen LogP contribution >= 0.6 is 0 Å². The van der Waals surface area contributed by atoms with E-state index in [4.69, 9.17) is 19.9 Å². The Morgan fingerprint density at radius 2 is 1.91 bits per heavy atom. The summed E-state index contributed by atoms with van der Waals surface area (Å²) < 4.78 is 15.7. The van der Waals surface area contributed by atoms with Crippen LogP contribution in [0.5, 0.6) is 17.2 Å². The smallest absolute Gasteiger partial charge is 0.343 e. The van der Waals surface area contributed by atoms with Gasteiger partial charge >= 0.3 is 12.0 Å². The summed E-state index contributed by atoms with van der Waals surface area (Å²) in [5, 5.41) is 2.39. The number of nitrogens with two attached hydrogens (primary N) is 1. The minimum absolute atomic E-state index is 0.146. The lowest BCUT2D eigenvalue weighted by atomic mass is 10.2. The maximum Gasteiger partial charge on any atom is 0.343 e. The minimum atomic E-state index is -0.707. The van der Waals surface area contributed by atoms with Gasteiger partial charge in [-0.1, -0.05) is 6.07 Å². The summed E-state index contributed by atoms with van der Waals surface area (Å²) in [4.78, 5) is 22.9. The molecule has 0 aliphatic carbocycles. The summed E-state index contributed by atoms with van der Waals surface area (Å²) in [5.41, 5.74) is 5.73. The van der Waals surface area contributed by atoms with Crippen LogP contribution in [0.25, 0.3) is 0 Å². The van der Waals surface area contributed by atoms with Crippen molar-refractivity contribution in [3.63, 3.8) is 0 Å². The first-order chi connectivity index (χ1) is 10.6. The third-order valence-corrected chi connectivity index (χ3v) is 2.92. The monoisotopic (exact) mass is 300 g/mol. The number of esters is 1. The maximum atomic E-state index is 12.1. The Morgan fingerprint density at radius 1 is 1.09 bits per heavy atom. The highest BCUT2D eigenvalue weighted by atomic mass is 16.7. The second-order valence-corrected chi connectivity index (χ2v) is 4.47. The number of primary amides is 1. The third kappa shape index (κ3) is 2.93. The molecule has 1 aliphatic rings. The first-order valence-electron chi connectivity index (χ1n) is 6.40. The van der Waals surface area contributed by atoms with Crippen LogP contribution in [-0.4, -0.2) is 18.8 Å². The van der Waals surface area contributed by atoms with Gasteiger partial charge in [0, 0.05) is 11.8 Å². The van der Waals surface area contributed by atoms with E-state index in [0.29, 0.717) is 22.9 Å². The number of rotatable bonds is 3. The number of carbonyl (C=O) groups is 2. The Labute approximate surface area is 125 Å². The standard InChI is InChI=1S/C15H12N2O5/c16-15(19)17-10-3-1-2-9(6-10)14(18)22-11-4-5-12-13(7-11)21-8-20-12/h1-7H,8H2,(H3,16,17,19). The van der Waals surface area contributed by atoms with Gasteiger partial charge in [-0.15, -0.1) is 0 Å². The van der Waals surface area contributed by atoms with E-state index in [9.17, 15) is 9.59 Å². The van der Waals surface area contributed by atoms with Gasteiger partial charge in [0.15, 0.2) is 11.5 Å². The van der Waals surface area contributed by atoms with Crippen molar-refractivity contribution in [3.8, 4) is 17.2 Å². The SMILES string of the molecule is NC(=O)Nc1cccc(C(=O)Oc2ccc3c(c2)OCO3)c1. The van der Waals surface area contributed by atoms with Gasteiger partial charge in [-0.05, 0) is 30.3 Å². The Kier molecular flexibility index (Phi) is 3.53. The lowest BCUT2D eigenvalue weighted by Crippen LogP contribution is -2.19. The fourth-order valence-corrected chi connectivity index (χ4v) is 1.97. The maximum absolute atomic E-state index is 12.1. The van der Waals surface area contributed by atoms with E-state index in [1.165, 1.54) is 6.07 Å². The van der Waals surface area contributed by atoms with Gasteiger partial charge in [0.25, 0.3) is 0 Å². The van der Waals surface area contributed by atoms with Crippen molar-refractivity contribution in [3.05, 3.63) is 48.0 Å². The van der Waals surface area contributed by atoms with Crippen LogP contribution in [0.2, 0.25) is 0 Å². The Hall–Kier alpha value is -3.22. The molecule has 3 rings (SSSR count). The van der Waals surface area contributed by atoms with E-state index in [0.717, 1.165) is 0 Å². The average molecular weight is 300 g/mol. The molecule has 2 amide bonds. The molecule has 3 N–H and O–H groups in total. The van der Waals surface area contributed by atoms with Crippen molar-refractivity contribution in [2.45, 2.75) is 0 Å². The molecular formula is C15H12N2O5. The van der Waals surface area contributed by atoms with Crippen LogP contribution in [0, 0.1) is 0 Å². The van der Waals surface area contributed by atoms with Crippen molar-refractivity contribution in [2.75, 3.05) is 12.1 Å². The molecule has 112 valence electrons. The zero-order chi connectivity index (χ0) is 15.5. The minimum Gasteiger partial charge on any atom is -0.454 e. The van der Waals surface area contributed by atoms with Crippen LogP contribution in [0.4, 0.5) is 10.5 Å². The number of nitrogens with one attached hydrogen (secondary N) is 1. The summed E-state index contributed by atoms with van der Waals surface area (Å²) in [6.07, 6.45) is 0. The molecule has 22 heavy (non-hydrogen) atoms. The van der Waals surface area contributed by atoms with E-state index in [2.05, 4.69) is 5.32 Å². The van der Waals surface area contributed by atoms with Gasteiger partial charge in [-0.2, -0.15) is 0 Å². The van der Waals surface area contributed by atoms with Crippen molar-refractivity contribution in [1.29, 1.82) is 0 Å². The summed E-state index contributed by atoms with van der Waals surface area (Å²) in [7, 11) is 0. The average Bonchev–Trinajstić information content (AvgIpc) is 2.94. The largest absolute Gasteiger partial charge is 0.454 e. The van der Waals surface area contributed by atoms with E-state index >= 15 is 0 Å². The van der Waals surface area contributed by atoms with Gasteiger partial charge in [-0.3, -0.25) is 0 Å². The molecule has 2 aromatic rings. The van der Waals surface area contributed by atoms with Crippen LogP contribution in [0.3, 0.4) is 0 Å². The lowest BCUT2D eigenvalue weighted by Gasteiger charge is -2.07. The molecule has 0 saturated carbocycles. The van der Waals surface area contributed by atoms with Crippen LogP contribution in [0.15, 0.2) is 42.5 Å². The molecule has 7 nitrogen and oxygen atoms in total. The van der Waals surface area contributed by atoms with Crippen molar-refractivity contribution in [2.24, 2.45) is 5.73 Å². The molecule has 0 bridgehead atoms. The molecular weight excluding hydrogens is 288 g/mol. The number of hydrogen-bond donors (Lipinski definition) is 2. The number of ether oxygens (including phenoxy) is 3. The fourth-order valence-electron chi connectivity index (χ4n) is 1.97. The van der Waals surface area contributed by atoms with Crippen LogP contribution in [-0.2, 0) is 0 Å². The lowest BCUT2D eigenvalue weighted by molar-refractivity contribution is 0.0734. The molecule has 0 atom stereocenters. The number of fused-ring (bicyclic) bond motifs is 1. The summed E-state index contributed by atoms with van der Waals surface area (Å²) in [6.45, 7) is 0.146. The summed E-state index contributed by atoms with van der Waals surface area (Å²) >= 11 is 0. The molecule has 2 aromatic carbocycles. The van der Waals surface area contributed by atoms with E-state index in [1.807, 2.05) is 0 Å². The summed E-state index contributed by atoms with van der Waals surface area (Å²) in [5.74, 6) is 0.899. The zero-order valence-electron chi connectivity index (χ0n) is 11.4. The van der Waals surface area contributed by atoms with Crippen molar-refractivity contribution < 1.29 is 23.8 Å². The van der Waals surface area contributed by atoms with Gasteiger partial charge in [-0.25, -0.2) is 9.59 Å². The molecule has 0 saturated heterocycles. The molecule has 0 radical (unpaired) electrons. The van der Waals surface area contributed by atoms with Crippen molar-refractivity contribution >= 4 is 17.7 Å². The Balaban J connectivity index is 1.75. The molecule has 7 heteroatoms. The Bertz CT molecular complexity index is 744. The van der Waals surface area contributed by atoms with Gasteiger partial charge in [0.2, 0.25) is 6.79 Å². The zero-order valence-corrected chi connectivity index (χ0v) is 11.4. The highest BCUT2D eigenvalue weighted by molar-refractivity contribution is 5.94. The highest BCUT2D eigenvalue weighted by Gasteiger charge is 2.16. The molecule has 0 aromatic heterocycles. The Morgan fingerprint density at radius 3 is 2.73 bits per heavy atom. The first-order valence-corrected chi connectivity index (χ1v) is 6.40. The predicted molar refractivity (Wildman–Crippen MR) is 77.2 cm³/mol. The molecule has 0 fully saturated rings. The van der Waals surface area contributed by atoms with Gasteiger partial charge in [0.05, 0.1) is 5.56 Å². The van der Waals surface area contributed by atoms with Crippen LogP contribution in [0.1, 0.15) is 10.4 Å². The third-order valence-electron chi connectivity index (χ3n) is 2.92. The number of carbonyl (C=O) groups excluding carboxylic acids is 2. The molecule has 1 heterocycles. The predicted octanol–water partition coefficient (Wildman–Crippen LogP) is 2.13. The first kappa shape index (κ1) is 13.7. The second kappa shape index (κ2) is 5.65. The quantitative estimate of drug-likeness (QED) is 0.668. The number of hydrogen-bond acceptors (Lipinski definition) is 5. The molecule has 1 aliphatic heterocycles. The number of amides is 2. The van der Waals surface area contributed by atoms with E-state index < -0.39 is 12.0 Å². The topological polar surface area (TPSA) is 99.9 Å². The molecule has 0 spiro atoms. The number of urea groups is 1. The van der Waals surface area contributed by atoms with Gasteiger partial charge < -0.3 is 25.3 Å². The second-order valence-electron chi connectivity index (χ2n) is 4.47. The molecule has 0 unspecified atom stereocenters. The fraction of sp³-hybridized carbons (Fsp3) is 0.0667. The van der Waals surface area contributed by atoms with Crippen molar-refractivity contribution in [1.82, 2.24) is 0 Å². The summed E-state index contributed by atoms with van der Waals surface area (Å²) in [6, 6.07) is 10.4.